The molecule has 2 aromatic rings. The molecule has 0 fully saturated rings. The van der Waals surface area contributed by atoms with Crippen molar-refractivity contribution in [2.45, 2.75) is 29.9 Å². The van der Waals surface area contributed by atoms with Crippen molar-refractivity contribution in [2.24, 2.45) is 0 Å². The number of hydrogen-bond donors (Lipinski definition) is 1. The van der Waals surface area contributed by atoms with E-state index in [2.05, 4.69) is 9.97 Å². The minimum atomic E-state index is 0.0191. The summed E-state index contributed by atoms with van der Waals surface area (Å²) in [7, 11) is 0. The van der Waals surface area contributed by atoms with Gasteiger partial charge in [0.2, 0.25) is 5.88 Å². The first kappa shape index (κ1) is 14.0. The van der Waals surface area contributed by atoms with Gasteiger partial charge in [0.1, 0.15) is 17.0 Å². The first-order valence-electron chi connectivity index (χ1n) is 5.77. The molecule has 4 nitrogen and oxygen atoms in total. The zero-order valence-corrected chi connectivity index (χ0v) is 12.2. The number of anilines is 1. The molecule has 0 spiro atoms. The second kappa shape index (κ2) is 6.12. The molecular weight excluding hydrogens is 282 g/mol. The molecule has 0 saturated heterocycles. The van der Waals surface area contributed by atoms with Gasteiger partial charge >= 0.3 is 0 Å². The minimum absolute atomic E-state index is 0.0191. The molecule has 0 aliphatic carbocycles. The molecule has 0 saturated carbocycles. The van der Waals surface area contributed by atoms with Gasteiger partial charge in [0, 0.05) is 9.92 Å². The van der Waals surface area contributed by atoms with Crippen LogP contribution in [0.5, 0.6) is 5.88 Å². The summed E-state index contributed by atoms with van der Waals surface area (Å²) >= 11 is 7.30. The van der Waals surface area contributed by atoms with Gasteiger partial charge in [-0.2, -0.15) is 4.98 Å². The number of halogens is 1. The summed E-state index contributed by atoms with van der Waals surface area (Å²) < 4.78 is 5.53. The van der Waals surface area contributed by atoms with Gasteiger partial charge in [0.05, 0.1) is 6.10 Å². The Morgan fingerprint density at radius 2 is 1.89 bits per heavy atom. The number of benzene rings is 1. The van der Waals surface area contributed by atoms with E-state index in [-0.39, 0.29) is 6.10 Å². The van der Waals surface area contributed by atoms with Gasteiger partial charge in [0.25, 0.3) is 0 Å². The highest BCUT2D eigenvalue weighted by atomic mass is 35.5. The number of nitrogens with two attached hydrogens (primary N) is 1. The fourth-order valence-electron chi connectivity index (χ4n) is 1.38. The Bertz CT molecular complexity index is 560. The molecule has 0 aliphatic rings. The van der Waals surface area contributed by atoms with Crippen molar-refractivity contribution >= 4 is 29.1 Å². The third kappa shape index (κ3) is 3.75. The Balaban J connectivity index is 2.23. The number of rotatable bonds is 4. The van der Waals surface area contributed by atoms with E-state index in [1.165, 1.54) is 18.1 Å². The summed E-state index contributed by atoms with van der Waals surface area (Å²) in [5, 5.41) is 1.37. The lowest BCUT2D eigenvalue weighted by Gasteiger charge is -2.12. The Morgan fingerprint density at radius 3 is 2.53 bits per heavy atom. The Kier molecular flexibility index (Phi) is 4.50. The average molecular weight is 296 g/mol. The summed E-state index contributed by atoms with van der Waals surface area (Å²) in [6.45, 7) is 3.85. The smallest absolute Gasteiger partial charge is 0.241 e. The number of nitrogen functional groups attached to an aromatic ring is 1. The van der Waals surface area contributed by atoms with Crippen LogP contribution in [0.1, 0.15) is 13.8 Å². The van der Waals surface area contributed by atoms with Crippen LogP contribution in [0.25, 0.3) is 0 Å². The van der Waals surface area contributed by atoms with Gasteiger partial charge in [-0.25, -0.2) is 4.98 Å². The average Bonchev–Trinajstić information content (AvgIpc) is 2.36. The molecule has 0 radical (unpaired) electrons. The SMILES string of the molecule is CC(C)Oc1ncnc(Sc2ccc(Cl)cc2)c1N. The van der Waals surface area contributed by atoms with E-state index >= 15 is 0 Å². The Morgan fingerprint density at radius 1 is 1.21 bits per heavy atom. The molecule has 1 heterocycles. The van der Waals surface area contributed by atoms with Crippen LogP contribution in [-0.2, 0) is 0 Å². The maximum Gasteiger partial charge on any atom is 0.241 e. The second-order valence-electron chi connectivity index (χ2n) is 4.12. The molecule has 2 N–H and O–H groups in total. The van der Waals surface area contributed by atoms with Gasteiger partial charge in [-0.15, -0.1) is 0 Å². The topological polar surface area (TPSA) is 61.0 Å². The summed E-state index contributed by atoms with van der Waals surface area (Å²) in [5.41, 5.74) is 6.47. The van der Waals surface area contributed by atoms with Crippen LogP contribution in [0.4, 0.5) is 5.69 Å². The molecular formula is C13H14ClN3OS. The van der Waals surface area contributed by atoms with Crippen LogP contribution < -0.4 is 10.5 Å². The molecule has 2 rings (SSSR count). The van der Waals surface area contributed by atoms with Gasteiger partial charge in [-0.1, -0.05) is 23.4 Å². The van der Waals surface area contributed by atoms with Crippen LogP contribution in [0.15, 0.2) is 40.5 Å². The number of ether oxygens (including phenoxy) is 1. The molecule has 19 heavy (non-hydrogen) atoms. The van der Waals surface area contributed by atoms with Crippen LogP contribution in [0.3, 0.4) is 0 Å². The number of aromatic nitrogens is 2. The lowest BCUT2D eigenvalue weighted by molar-refractivity contribution is 0.233. The standard InChI is InChI=1S/C13H14ClN3OS/c1-8(2)18-12-11(15)13(17-7-16-12)19-10-5-3-9(14)4-6-10/h3-8H,15H2,1-2H3. The van der Waals surface area contributed by atoms with Crippen molar-refractivity contribution in [1.82, 2.24) is 9.97 Å². The van der Waals surface area contributed by atoms with Crippen molar-refractivity contribution in [3.05, 3.63) is 35.6 Å². The zero-order valence-electron chi connectivity index (χ0n) is 10.6. The number of hydrogen-bond acceptors (Lipinski definition) is 5. The van der Waals surface area contributed by atoms with Crippen LogP contribution >= 0.6 is 23.4 Å². The van der Waals surface area contributed by atoms with Crippen molar-refractivity contribution in [2.75, 3.05) is 5.73 Å². The molecule has 0 bridgehead atoms. The van der Waals surface area contributed by atoms with Gasteiger partial charge in [-0.3, -0.25) is 0 Å². The van der Waals surface area contributed by atoms with Gasteiger partial charge in [-0.05, 0) is 38.1 Å². The highest BCUT2D eigenvalue weighted by molar-refractivity contribution is 7.99. The molecule has 0 atom stereocenters. The highest BCUT2D eigenvalue weighted by Crippen LogP contribution is 2.34. The largest absolute Gasteiger partial charge is 0.473 e. The predicted molar refractivity (Wildman–Crippen MR) is 77.8 cm³/mol. The maximum atomic E-state index is 6.01. The summed E-state index contributed by atoms with van der Waals surface area (Å²) in [6.07, 6.45) is 1.47. The number of nitrogens with zero attached hydrogens (tertiary/aromatic N) is 2. The predicted octanol–water partition coefficient (Wildman–Crippen LogP) is 3.65. The summed E-state index contributed by atoms with van der Waals surface area (Å²) in [4.78, 5) is 9.22. The molecule has 0 amide bonds. The van der Waals surface area contributed by atoms with E-state index in [4.69, 9.17) is 22.1 Å². The zero-order chi connectivity index (χ0) is 13.8. The van der Waals surface area contributed by atoms with Crippen molar-refractivity contribution in [3.63, 3.8) is 0 Å². The first-order valence-corrected chi connectivity index (χ1v) is 6.96. The second-order valence-corrected chi connectivity index (χ2v) is 5.62. The van der Waals surface area contributed by atoms with E-state index in [0.717, 1.165) is 4.90 Å². The Labute approximate surface area is 121 Å². The van der Waals surface area contributed by atoms with Crippen LogP contribution in [0.2, 0.25) is 5.02 Å². The van der Waals surface area contributed by atoms with E-state index in [9.17, 15) is 0 Å². The normalized spacial score (nSPS) is 10.7. The monoisotopic (exact) mass is 295 g/mol. The van der Waals surface area contributed by atoms with E-state index in [0.29, 0.717) is 21.6 Å². The van der Waals surface area contributed by atoms with Crippen molar-refractivity contribution in [3.8, 4) is 5.88 Å². The molecule has 1 aromatic carbocycles. The van der Waals surface area contributed by atoms with Gasteiger partial charge in [0.15, 0.2) is 0 Å². The van der Waals surface area contributed by atoms with Crippen molar-refractivity contribution < 1.29 is 4.74 Å². The summed E-state index contributed by atoms with van der Waals surface area (Å²) in [6, 6.07) is 7.48. The molecule has 100 valence electrons. The van der Waals surface area contributed by atoms with E-state index < -0.39 is 0 Å². The summed E-state index contributed by atoms with van der Waals surface area (Å²) in [5.74, 6) is 0.418. The molecule has 0 unspecified atom stereocenters. The maximum absolute atomic E-state index is 6.01. The fraction of sp³-hybridized carbons (Fsp3) is 0.231. The quantitative estimate of drug-likeness (QED) is 0.872. The Hall–Kier alpha value is -1.46. The van der Waals surface area contributed by atoms with Gasteiger partial charge < -0.3 is 10.5 Å². The molecule has 0 aliphatic heterocycles. The van der Waals surface area contributed by atoms with Crippen LogP contribution in [0, 0.1) is 0 Å². The van der Waals surface area contributed by atoms with Crippen molar-refractivity contribution in [1.29, 1.82) is 0 Å². The molecule has 6 heteroatoms. The van der Waals surface area contributed by atoms with E-state index in [1.54, 1.807) is 0 Å². The van der Waals surface area contributed by atoms with E-state index in [1.807, 2.05) is 38.1 Å². The minimum Gasteiger partial charge on any atom is -0.473 e. The fourth-order valence-corrected chi connectivity index (χ4v) is 2.30. The van der Waals surface area contributed by atoms with Crippen LogP contribution in [-0.4, -0.2) is 16.1 Å². The highest BCUT2D eigenvalue weighted by Gasteiger charge is 2.11. The first-order chi connectivity index (χ1) is 9.06. The lowest BCUT2D eigenvalue weighted by atomic mass is 10.4. The molecule has 1 aromatic heterocycles. The lowest BCUT2D eigenvalue weighted by Crippen LogP contribution is -2.09. The third-order valence-corrected chi connectivity index (χ3v) is 3.46. The third-order valence-electron chi connectivity index (χ3n) is 2.19.